The van der Waals surface area contributed by atoms with Gasteiger partial charge >= 0.3 is 0 Å². The molecule has 1 aliphatic heterocycles. The van der Waals surface area contributed by atoms with E-state index in [0.717, 1.165) is 21.2 Å². The molecule has 1 heterocycles. The van der Waals surface area contributed by atoms with E-state index in [1.165, 1.54) is 0 Å². The maximum Gasteiger partial charge on any atom is 0.264 e. The number of aryl methyl sites for hydroxylation is 2. The lowest BCUT2D eigenvalue weighted by Gasteiger charge is -2.07. The highest BCUT2D eigenvalue weighted by Gasteiger charge is 2.32. The van der Waals surface area contributed by atoms with Crippen LogP contribution in [0.25, 0.3) is 4.91 Å². The van der Waals surface area contributed by atoms with Gasteiger partial charge in [-0.15, -0.1) is 0 Å². The Hall–Kier alpha value is -2.12. The Kier molecular flexibility index (Phi) is 5.44. The molecule has 0 saturated carbocycles. The summed E-state index contributed by atoms with van der Waals surface area (Å²) in [5, 5.41) is 0. The van der Waals surface area contributed by atoms with Crippen molar-refractivity contribution in [2.75, 3.05) is 7.11 Å². The molecular weight excluding hydrogens is 428 g/mol. The summed E-state index contributed by atoms with van der Waals surface area (Å²) in [4.78, 5) is 4.79. The molecule has 0 aliphatic carbocycles. The smallest absolute Gasteiger partial charge is 0.264 e. The normalized spacial score (nSPS) is 17.3. The minimum Gasteiger partial charge on any atom is -0.496 e. The molecule has 0 fully saturated rings. The van der Waals surface area contributed by atoms with Crippen molar-refractivity contribution in [3.05, 3.63) is 68.7 Å². The fraction of sp³-hybridized carbons (Fsp3) is 0.250. The van der Waals surface area contributed by atoms with Crippen molar-refractivity contribution in [1.29, 1.82) is 0 Å². The Labute approximate surface area is 168 Å². The van der Waals surface area contributed by atoms with E-state index in [4.69, 9.17) is 4.74 Å². The number of amidine groups is 1. The summed E-state index contributed by atoms with van der Waals surface area (Å²) >= 11 is 3.44. The third-order valence-corrected chi connectivity index (χ3v) is 6.65. The Morgan fingerprint density at radius 1 is 1.07 bits per heavy atom. The predicted octanol–water partition coefficient (Wildman–Crippen LogP) is 4.34. The molecular formula is C20H21BrN2O3S. The van der Waals surface area contributed by atoms with Crippen LogP contribution in [-0.4, -0.2) is 21.4 Å². The van der Waals surface area contributed by atoms with Crippen molar-refractivity contribution in [2.24, 2.45) is 4.99 Å². The topological polar surface area (TPSA) is 67.8 Å². The molecule has 3 rings (SSSR count). The van der Waals surface area contributed by atoms with Gasteiger partial charge in [0.05, 0.1) is 13.7 Å². The van der Waals surface area contributed by atoms with E-state index in [-0.39, 0.29) is 4.91 Å². The van der Waals surface area contributed by atoms with Crippen LogP contribution in [0.15, 0.2) is 51.4 Å². The highest BCUT2D eigenvalue weighted by Crippen LogP contribution is 2.31. The van der Waals surface area contributed by atoms with Crippen LogP contribution in [0.5, 0.6) is 5.75 Å². The number of ether oxygens (including phenoxy) is 1. The molecule has 0 spiro atoms. The molecule has 142 valence electrons. The van der Waals surface area contributed by atoms with E-state index in [0.29, 0.717) is 29.3 Å². The molecule has 0 saturated heterocycles. The van der Waals surface area contributed by atoms with E-state index in [2.05, 4.69) is 25.6 Å². The number of nitrogens with one attached hydrogen (secondary N) is 1. The molecule has 0 radical (unpaired) electrons. The first-order valence-electron chi connectivity index (χ1n) is 8.41. The second-order valence-corrected chi connectivity index (χ2v) is 9.01. The van der Waals surface area contributed by atoms with Gasteiger partial charge in [0.1, 0.15) is 16.5 Å². The third kappa shape index (κ3) is 3.94. The third-order valence-electron chi connectivity index (χ3n) is 4.61. The summed E-state index contributed by atoms with van der Waals surface area (Å²) in [7, 11) is -2.04. The zero-order chi connectivity index (χ0) is 19.8. The van der Waals surface area contributed by atoms with E-state index in [1.54, 1.807) is 14.0 Å². The number of hydrogen-bond donors (Lipinski definition) is 1. The fourth-order valence-electron chi connectivity index (χ4n) is 3.00. The number of halogens is 1. The molecule has 0 bridgehead atoms. The van der Waals surface area contributed by atoms with Crippen molar-refractivity contribution in [3.8, 4) is 5.75 Å². The van der Waals surface area contributed by atoms with Gasteiger partial charge in [0.25, 0.3) is 10.0 Å². The lowest BCUT2D eigenvalue weighted by atomic mass is 10.0. The van der Waals surface area contributed by atoms with Gasteiger partial charge in [-0.25, -0.2) is 8.42 Å². The van der Waals surface area contributed by atoms with E-state index >= 15 is 0 Å². The van der Waals surface area contributed by atoms with Crippen LogP contribution in [0.4, 0.5) is 0 Å². The SMILES string of the molecule is COc1ccc(Br)cc1CN=C1NS(=O)(=O)C(c2ccc(C)c(C)c2)=C1C. The van der Waals surface area contributed by atoms with E-state index in [9.17, 15) is 8.42 Å². The van der Waals surface area contributed by atoms with Gasteiger partial charge in [0.2, 0.25) is 0 Å². The number of methoxy groups -OCH3 is 1. The molecule has 7 heteroatoms. The van der Waals surface area contributed by atoms with Crippen molar-refractivity contribution < 1.29 is 13.2 Å². The Morgan fingerprint density at radius 3 is 2.48 bits per heavy atom. The summed E-state index contributed by atoms with van der Waals surface area (Å²) in [6.07, 6.45) is 0. The summed E-state index contributed by atoms with van der Waals surface area (Å²) < 4.78 is 34.2. The van der Waals surface area contributed by atoms with Crippen LogP contribution in [-0.2, 0) is 16.6 Å². The first-order chi connectivity index (χ1) is 12.7. The van der Waals surface area contributed by atoms with E-state index in [1.807, 2.05) is 50.2 Å². The second kappa shape index (κ2) is 7.48. The minimum atomic E-state index is -3.64. The van der Waals surface area contributed by atoms with Gasteiger partial charge < -0.3 is 4.74 Å². The Bertz CT molecular complexity index is 1070. The van der Waals surface area contributed by atoms with Crippen LogP contribution >= 0.6 is 15.9 Å². The molecule has 0 atom stereocenters. The molecule has 2 aromatic carbocycles. The molecule has 0 unspecified atom stereocenters. The van der Waals surface area contributed by atoms with Crippen LogP contribution in [0.2, 0.25) is 0 Å². The Balaban J connectivity index is 2.01. The predicted molar refractivity (Wildman–Crippen MR) is 112 cm³/mol. The summed E-state index contributed by atoms with van der Waals surface area (Å²) in [6.45, 7) is 6.05. The molecule has 1 aliphatic rings. The van der Waals surface area contributed by atoms with Gasteiger partial charge in [-0.3, -0.25) is 9.71 Å². The van der Waals surface area contributed by atoms with Gasteiger partial charge in [-0.05, 0) is 55.7 Å². The molecule has 0 aromatic heterocycles. The van der Waals surface area contributed by atoms with Crippen molar-refractivity contribution in [1.82, 2.24) is 4.72 Å². The first kappa shape index (κ1) is 19.6. The average Bonchev–Trinajstić information content (AvgIpc) is 2.84. The highest BCUT2D eigenvalue weighted by molar-refractivity contribution is 9.10. The molecule has 0 amide bonds. The zero-order valence-electron chi connectivity index (χ0n) is 15.6. The lowest BCUT2D eigenvalue weighted by molar-refractivity contribution is 0.410. The van der Waals surface area contributed by atoms with Gasteiger partial charge in [-0.1, -0.05) is 34.1 Å². The molecule has 2 aromatic rings. The molecule has 1 N–H and O–H groups in total. The lowest BCUT2D eigenvalue weighted by Crippen LogP contribution is -2.23. The van der Waals surface area contributed by atoms with Gasteiger partial charge in [0.15, 0.2) is 0 Å². The molecule has 27 heavy (non-hydrogen) atoms. The zero-order valence-corrected chi connectivity index (χ0v) is 18.0. The van der Waals surface area contributed by atoms with Crippen LogP contribution in [0.1, 0.15) is 29.2 Å². The van der Waals surface area contributed by atoms with Crippen LogP contribution in [0, 0.1) is 13.8 Å². The largest absolute Gasteiger partial charge is 0.496 e. The molecule has 5 nitrogen and oxygen atoms in total. The number of hydrogen-bond acceptors (Lipinski definition) is 4. The minimum absolute atomic E-state index is 0.283. The number of aliphatic imine (C=N–C) groups is 1. The first-order valence-corrected chi connectivity index (χ1v) is 10.7. The summed E-state index contributed by atoms with van der Waals surface area (Å²) in [6, 6.07) is 11.3. The number of sulfonamides is 1. The van der Waals surface area contributed by atoms with Gasteiger partial charge in [0, 0.05) is 15.6 Å². The number of benzene rings is 2. The maximum absolute atomic E-state index is 12.7. The van der Waals surface area contributed by atoms with Crippen molar-refractivity contribution in [3.63, 3.8) is 0 Å². The van der Waals surface area contributed by atoms with Crippen molar-refractivity contribution >= 4 is 36.7 Å². The highest BCUT2D eigenvalue weighted by atomic mass is 79.9. The Morgan fingerprint density at radius 2 is 1.81 bits per heavy atom. The quantitative estimate of drug-likeness (QED) is 0.756. The second-order valence-electron chi connectivity index (χ2n) is 6.48. The standard InChI is InChI=1S/C20H21BrN2O3S/c1-12-5-6-15(9-13(12)2)19-14(3)20(23-27(19,24)25)22-11-16-10-17(21)7-8-18(16)26-4/h5-10H,11H2,1-4H3,(H,22,23). The average molecular weight is 449 g/mol. The van der Waals surface area contributed by atoms with Gasteiger partial charge in [-0.2, -0.15) is 0 Å². The van der Waals surface area contributed by atoms with Crippen LogP contribution < -0.4 is 9.46 Å². The van der Waals surface area contributed by atoms with E-state index < -0.39 is 10.0 Å². The monoisotopic (exact) mass is 448 g/mol. The van der Waals surface area contributed by atoms with Crippen molar-refractivity contribution in [2.45, 2.75) is 27.3 Å². The number of rotatable bonds is 4. The maximum atomic E-state index is 12.7. The number of nitrogens with zero attached hydrogens (tertiary/aromatic N) is 1. The van der Waals surface area contributed by atoms with Crippen LogP contribution in [0.3, 0.4) is 0 Å². The summed E-state index contributed by atoms with van der Waals surface area (Å²) in [5.41, 5.74) is 4.33. The summed E-state index contributed by atoms with van der Waals surface area (Å²) in [5.74, 6) is 1.07. The fourth-order valence-corrected chi connectivity index (χ4v) is 4.92.